The van der Waals surface area contributed by atoms with Crippen molar-refractivity contribution in [2.24, 2.45) is 0 Å². The van der Waals surface area contributed by atoms with Crippen molar-refractivity contribution in [3.8, 4) is 0 Å². The normalized spacial score (nSPS) is 19.4. The minimum Gasteiger partial charge on any atom is -0.396 e. The van der Waals surface area contributed by atoms with Crippen molar-refractivity contribution < 1.29 is 29.3 Å². The van der Waals surface area contributed by atoms with E-state index in [0.717, 1.165) is 41.7 Å². The number of anilines is 1. The lowest BCUT2D eigenvalue weighted by atomic mass is 10.0. The summed E-state index contributed by atoms with van der Waals surface area (Å²) in [6, 6.07) is 15.3. The quantitative estimate of drug-likeness (QED) is 0.272. The molecular formula is C28H38N2O6S. The van der Waals surface area contributed by atoms with Crippen molar-refractivity contribution >= 4 is 29.3 Å². The third-order valence-electron chi connectivity index (χ3n) is 6.05. The van der Waals surface area contributed by atoms with Gasteiger partial charge in [-0.1, -0.05) is 42.8 Å². The summed E-state index contributed by atoms with van der Waals surface area (Å²) >= 11 is 1.64. The van der Waals surface area contributed by atoms with Crippen LogP contribution in [-0.4, -0.2) is 52.8 Å². The Balaban J connectivity index is 1.61. The Hall–Kier alpha value is -2.43. The van der Waals surface area contributed by atoms with Crippen LogP contribution in [0.4, 0.5) is 5.69 Å². The smallest absolute Gasteiger partial charge is 0.224 e. The second-order valence-electron chi connectivity index (χ2n) is 9.12. The molecule has 2 amide bonds. The molecule has 4 N–H and O–H groups in total. The monoisotopic (exact) mass is 530 g/mol. The molecule has 3 atom stereocenters. The Bertz CT molecular complexity index is 987. The van der Waals surface area contributed by atoms with Gasteiger partial charge in [-0.15, -0.1) is 0 Å². The van der Waals surface area contributed by atoms with Crippen LogP contribution in [0.25, 0.3) is 0 Å². The minimum absolute atomic E-state index is 0.00640. The molecule has 2 aromatic rings. The van der Waals surface area contributed by atoms with E-state index in [9.17, 15) is 14.7 Å². The number of thioether (sulfide) groups is 1. The van der Waals surface area contributed by atoms with Crippen LogP contribution in [0, 0.1) is 0 Å². The number of aliphatic hydroxyl groups excluding tert-OH is 2. The number of nitrogens with one attached hydrogen (secondary N) is 2. The van der Waals surface area contributed by atoms with Crippen molar-refractivity contribution in [2.45, 2.75) is 64.1 Å². The summed E-state index contributed by atoms with van der Waals surface area (Å²) in [5.41, 5.74) is 3.37. The van der Waals surface area contributed by atoms with Crippen molar-refractivity contribution in [1.82, 2.24) is 5.32 Å². The molecule has 3 rings (SSSR count). The Morgan fingerprint density at radius 3 is 2.57 bits per heavy atom. The van der Waals surface area contributed by atoms with Gasteiger partial charge in [0.25, 0.3) is 0 Å². The second kappa shape index (κ2) is 15.7. The van der Waals surface area contributed by atoms with Crippen LogP contribution < -0.4 is 10.6 Å². The predicted octanol–water partition coefficient (Wildman–Crippen LogP) is 4.08. The van der Waals surface area contributed by atoms with Gasteiger partial charge in [-0.25, -0.2) is 0 Å². The average molecular weight is 531 g/mol. The van der Waals surface area contributed by atoms with E-state index in [1.54, 1.807) is 11.8 Å². The maximum absolute atomic E-state index is 12.4. The Morgan fingerprint density at radius 2 is 1.84 bits per heavy atom. The summed E-state index contributed by atoms with van der Waals surface area (Å²) in [5.74, 6) is 1.30. The van der Waals surface area contributed by atoms with E-state index in [0.29, 0.717) is 30.8 Å². The molecule has 0 aromatic heterocycles. The molecule has 8 nitrogen and oxygen atoms in total. The number of rotatable bonds is 14. The van der Waals surface area contributed by atoms with Gasteiger partial charge in [-0.3, -0.25) is 9.59 Å². The molecule has 0 spiro atoms. The highest BCUT2D eigenvalue weighted by molar-refractivity contribution is 7.99. The summed E-state index contributed by atoms with van der Waals surface area (Å²) in [4.78, 5) is 23.4. The van der Waals surface area contributed by atoms with Crippen LogP contribution in [0.1, 0.15) is 68.1 Å². The first kappa shape index (κ1) is 29.1. The highest BCUT2D eigenvalue weighted by Gasteiger charge is 2.32. The number of hydrogen-bond donors (Lipinski definition) is 4. The van der Waals surface area contributed by atoms with Gasteiger partial charge in [0.15, 0.2) is 6.29 Å². The van der Waals surface area contributed by atoms with Gasteiger partial charge in [0, 0.05) is 49.1 Å². The zero-order chi connectivity index (χ0) is 26.5. The molecular weight excluding hydrogens is 492 g/mol. The first-order valence-electron chi connectivity index (χ1n) is 12.8. The molecule has 2 aromatic carbocycles. The molecule has 1 aliphatic rings. The van der Waals surface area contributed by atoms with Gasteiger partial charge in [0.05, 0.1) is 25.4 Å². The Morgan fingerprint density at radius 1 is 1.03 bits per heavy atom. The molecule has 1 aliphatic heterocycles. The fourth-order valence-electron chi connectivity index (χ4n) is 4.14. The predicted molar refractivity (Wildman–Crippen MR) is 145 cm³/mol. The van der Waals surface area contributed by atoms with E-state index in [2.05, 4.69) is 10.6 Å². The minimum atomic E-state index is -0.596. The number of ether oxygens (including phenoxy) is 2. The average Bonchev–Trinajstić information content (AvgIpc) is 2.90. The second-order valence-corrected chi connectivity index (χ2v) is 10.3. The van der Waals surface area contributed by atoms with Gasteiger partial charge >= 0.3 is 0 Å². The summed E-state index contributed by atoms with van der Waals surface area (Å²) in [5, 5.41) is 24.3. The molecule has 1 heterocycles. The van der Waals surface area contributed by atoms with Gasteiger partial charge < -0.3 is 30.3 Å². The van der Waals surface area contributed by atoms with Crippen LogP contribution in [0.2, 0.25) is 0 Å². The van der Waals surface area contributed by atoms with E-state index < -0.39 is 6.29 Å². The fourth-order valence-corrected chi connectivity index (χ4v) is 4.91. The molecule has 1 saturated heterocycles. The molecule has 202 valence electrons. The van der Waals surface area contributed by atoms with Crippen LogP contribution >= 0.6 is 11.8 Å². The number of amides is 2. The van der Waals surface area contributed by atoms with E-state index in [-0.39, 0.29) is 37.2 Å². The lowest BCUT2D eigenvalue weighted by Gasteiger charge is -2.36. The summed E-state index contributed by atoms with van der Waals surface area (Å²) in [6.45, 7) is 2.25. The van der Waals surface area contributed by atoms with Crippen LogP contribution in [0.3, 0.4) is 0 Å². The van der Waals surface area contributed by atoms with Crippen LogP contribution in [0.5, 0.6) is 0 Å². The molecule has 37 heavy (non-hydrogen) atoms. The third kappa shape index (κ3) is 10.1. The lowest BCUT2D eigenvalue weighted by Crippen LogP contribution is -2.31. The number of aliphatic hydroxyl groups is 2. The maximum Gasteiger partial charge on any atom is 0.224 e. The Kier molecular flexibility index (Phi) is 12.4. The van der Waals surface area contributed by atoms with Crippen molar-refractivity contribution in [1.29, 1.82) is 0 Å². The van der Waals surface area contributed by atoms with Crippen LogP contribution in [0.15, 0.2) is 48.5 Å². The first-order chi connectivity index (χ1) is 18.0. The SMILES string of the molecule is CC(=O)NCCCCCC(=O)Nc1cccc([C@@H]2O[C@H](CSCCO)C[C@H](c3ccc(CO)cc3)O2)c1. The zero-order valence-electron chi connectivity index (χ0n) is 21.4. The fraction of sp³-hybridized carbons (Fsp3) is 0.500. The molecule has 0 aliphatic carbocycles. The summed E-state index contributed by atoms with van der Waals surface area (Å²) in [6.07, 6.45) is 2.73. The zero-order valence-corrected chi connectivity index (χ0v) is 22.2. The number of unbranched alkanes of at least 4 members (excludes halogenated alkanes) is 2. The summed E-state index contributed by atoms with van der Waals surface area (Å²) in [7, 11) is 0. The highest BCUT2D eigenvalue weighted by Crippen LogP contribution is 2.39. The summed E-state index contributed by atoms with van der Waals surface area (Å²) < 4.78 is 12.6. The van der Waals surface area contributed by atoms with Crippen molar-refractivity contribution in [3.05, 3.63) is 65.2 Å². The maximum atomic E-state index is 12.4. The standard InChI is InChI=1S/C28H38N2O6S/c1-20(33)29-13-4-2-3-8-27(34)30-24-7-5-6-23(16-24)28-35-25(19-37-15-14-31)17-26(36-28)22-11-9-21(18-32)10-12-22/h5-7,9-12,16,25-26,28,31-32H,2-4,8,13-15,17-19H2,1H3,(H,29,33)(H,30,34)/t25-,26+,28+/m0/s1. The van der Waals surface area contributed by atoms with Gasteiger partial charge in [-0.05, 0) is 36.1 Å². The van der Waals surface area contributed by atoms with E-state index >= 15 is 0 Å². The number of benzene rings is 2. The Labute approximate surface area is 223 Å². The van der Waals surface area contributed by atoms with Gasteiger partial charge in [-0.2, -0.15) is 11.8 Å². The van der Waals surface area contributed by atoms with Crippen molar-refractivity contribution in [3.63, 3.8) is 0 Å². The van der Waals surface area contributed by atoms with Crippen molar-refractivity contribution in [2.75, 3.05) is 30.0 Å². The topological polar surface area (TPSA) is 117 Å². The van der Waals surface area contributed by atoms with E-state index in [1.807, 2.05) is 48.5 Å². The molecule has 0 saturated carbocycles. The van der Waals surface area contributed by atoms with E-state index in [4.69, 9.17) is 14.6 Å². The van der Waals surface area contributed by atoms with Gasteiger partial charge in [0.2, 0.25) is 11.8 Å². The largest absolute Gasteiger partial charge is 0.396 e. The molecule has 0 bridgehead atoms. The van der Waals surface area contributed by atoms with Crippen LogP contribution in [-0.2, 0) is 25.7 Å². The molecule has 0 unspecified atom stereocenters. The van der Waals surface area contributed by atoms with Gasteiger partial charge in [0.1, 0.15) is 0 Å². The first-order valence-corrected chi connectivity index (χ1v) is 14.0. The molecule has 1 fully saturated rings. The number of hydrogen-bond acceptors (Lipinski definition) is 7. The molecule has 9 heteroatoms. The lowest BCUT2D eigenvalue weighted by molar-refractivity contribution is -0.245. The number of carbonyl (C=O) groups is 2. The highest BCUT2D eigenvalue weighted by atomic mass is 32.2. The molecule has 0 radical (unpaired) electrons. The van der Waals surface area contributed by atoms with E-state index in [1.165, 1.54) is 6.92 Å². The number of carbonyl (C=O) groups excluding carboxylic acids is 2. The third-order valence-corrected chi connectivity index (χ3v) is 7.13.